The fourth-order valence-electron chi connectivity index (χ4n) is 0.730. The van der Waals surface area contributed by atoms with E-state index in [-0.39, 0.29) is 12.0 Å². The van der Waals surface area contributed by atoms with Gasteiger partial charge in [-0.1, -0.05) is 0 Å². The highest BCUT2D eigenvalue weighted by atomic mass is 35.5. The van der Waals surface area contributed by atoms with Crippen LogP contribution in [0.3, 0.4) is 0 Å². The van der Waals surface area contributed by atoms with E-state index in [2.05, 4.69) is 10.2 Å². The van der Waals surface area contributed by atoms with Gasteiger partial charge in [0.1, 0.15) is 0 Å². The molecule has 0 radical (unpaired) electrons. The number of nitriles is 1. The van der Waals surface area contributed by atoms with Gasteiger partial charge in [0, 0.05) is 6.42 Å². The molecule has 0 aromatic carbocycles. The van der Waals surface area contributed by atoms with Crippen molar-refractivity contribution >= 4 is 16.8 Å². The molecule has 1 unspecified atom stereocenters. The molecule has 5 heteroatoms. The molecular formula is C10H16ClN3O. The molecule has 0 saturated carbocycles. The zero-order valence-corrected chi connectivity index (χ0v) is 10.3. The maximum atomic E-state index is 10.6. The largest absolute Gasteiger partial charge is 0.281 e. The average molecular weight is 230 g/mol. The summed E-state index contributed by atoms with van der Waals surface area (Å²) in [7, 11) is 0. The van der Waals surface area contributed by atoms with Gasteiger partial charge in [0.2, 0.25) is 5.24 Å². The number of halogens is 1. The van der Waals surface area contributed by atoms with Crippen LogP contribution in [0.15, 0.2) is 10.2 Å². The van der Waals surface area contributed by atoms with Crippen molar-refractivity contribution < 1.29 is 4.79 Å². The fraction of sp³-hybridized carbons (Fsp3) is 0.800. The molecule has 15 heavy (non-hydrogen) atoms. The minimum absolute atomic E-state index is 0.134. The highest BCUT2D eigenvalue weighted by Gasteiger charge is 2.25. The van der Waals surface area contributed by atoms with Crippen molar-refractivity contribution in [2.75, 3.05) is 0 Å². The molecule has 0 heterocycles. The second-order valence-electron chi connectivity index (χ2n) is 4.61. The standard InChI is InChI=1S/C10H16ClN3O/c1-9(2,3)13-14-10(4,7-12)6-5-8(11)15/h5-6H2,1-4H3. The molecule has 0 aliphatic heterocycles. The number of carbonyl (C=O) groups is 1. The van der Waals surface area contributed by atoms with Crippen LogP contribution >= 0.6 is 11.6 Å². The third kappa shape index (κ3) is 7.03. The molecule has 0 fully saturated rings. The Bertz CT molecular complexity index is 301. The summed E-state index contributed by atoms with van der Waals surface area (Å²) >= 11 is 5.21. The lowest BCUT2D eigenvalue weighted by Crippen LogP contribution is -2.21. The lowest BCUT2D eigenvalue weighted by atomic mass is 9.99. The van der Waals surface area contributed by atoms with E-state index in [1.807, 2.05) is 26.8 Å². The Morgan fingerprint density at radius 2 is 1.87 bits per heavy atom. The Kier molecular flexibility index (Phi) is 4.89. The van der Waals surface area contributed by atoms with Crippen LogP contribution in [0.25, 0.3) is 0 Å². The van der Waals surface area contributed by atoms with E-state index in [0.29, 0.717) is 6.42 Å². The molecule has 0 aromatic rings. The molecule has 0 spiro atoms. The van der Waals surface area contributed by atoms with E-state index in [0.717, 1.165) is 0 Å². The van der Waals surface area contributed by atoms with Crippen LogP contribution in [0.4, 0.5) is 0 Å². The summed E-state index contributed by atoms with van der Waals surface area (Å²) in [5, 5.41) is 16.5. The Morgan fingerprint density at radius 1 is 1.33 bits per heavy atom. The van der Waals surface area contributed by atoms with Crippen molar-refractivity contribution in [3.63, 3.8) is 0 Å². The smallest absolute Gasteiger partial charge is 0.221 e. The summed E-state index contributed by atoms with van der Waals surface area (Å²) < 4.78 is 0. The first-order chi connectivity index (χ1) is 6.68. The minimum atomic E-state index is -0.960. The van der Waals surface area contributed by atoms with E-state index in [4.69, 9.17) is 16.9 Å². The molecule has 0 saturated heterocycles. The normalized spacial score (nSPS) is 16.0. The Labute approximate surface area is 95.3 Å². The van der Waals surface area contributed by atoms with Crippen molar-refractivity contribution in [2.45, 2.75) is 51.6 Å². The van der Waals surface area contributed by atoms with Gasteiger partial charge in [0.15, 0.2) is 5.54 Å². The highest BCUT2D eigenvalue weighted by molar-refractivity contribution is 6.63. The van der Waals surface area contributed by atoms with Crippen LogP contribution in [0.2, 0.25) is 0 Å². The average Bonchev–Trinajstić information content (AvgIpc) is 2.10. The van der Waals surface area contributed by atoms with Crippen LogP contribution in [0.5, 0.6) is 0 Å². The van der Waals surface area contributed by atoms with E-state index >= 15 is 0 Å². The summed E-state index contributed by atoms with van der Waals surface area (Å²) in [4.78, 5) is 10.6. The number of hydrogen-bond acceptors (Lipinski definition) is 4. The van der Waals surface area contributed by atoms with Gasteiger partial charge in [0.05, 0.1) is 11.6 Å². The number of carbonyl (C=O) groups excluding carboxylic acids is 1. The molecule has 0 aliphatic rings. The first-order valence-corrected chi connectivity index (χ1v) is 5.10. The topological polar surface area (TPSA) is 65.6 Å². The van der Waals surface area contributed by atoms with Crippen molar-refractivity contribution in [3.8, 4) is 6.07 Å². The van der Waals surface area contributed by atoms with Gasteiger partial charge in [-0.3, -0.25) is 4.79 Å². The highest BCUT2D eigenvalue weighted by Crippen LogP contribution is 2.20. The van der Waals surface area contributed by atoms with Crippen LogP contribution in [-0.4, -0.2) is 16.3 Å². The fourth-order valence-corrected chi connectivity index (χ4v) is 0.825. The van der Waals surface area contributed by atoms with Crippen LogP contribution in [0.1, 0.15) is 40.5 Å². The van der Waals surface area contributed by atoms with Gasteiger partial charge in [0.25, 0.3) is 0 Å². The summed E-state index contributed by atoms with van der Waals surface area (Å²) in [6.45, 7) is 7.31. The SMILES string of the molecule is CC(C)(C)N=NC(C)(C#N)CCC(=O)Cl. The maximum absolute atomic E-state index is 10.6. The lowest BCUT2D eigenvalue weighted by molar-refractivity contribution is -0.111. The number of rotatable bonds is 4. The quantitative estimate of drug-likeness (QED) is 0.549. The van der Waals surface area contributed by atoms with Crippen LogP contribution in [-0.2, 0) is 4.79 Å². The van der Waals surface area contributed by atoms with Gasteiger partial charge >= 0.3 is 0 Å². The molecule has 0 N–H and O–H groups in total. The van der Waals surface area contributed by atoms with Crippen LogP contribution in [0, 0.1) is 11.3 Å². The Balaban J connectivity index is 4.53. The monoisotopic (exact) mass is 229 g/mol. The van der Waals surface area contributed by atoms with Gasteiger partial charge in [-0.2, -0.15) is 15.5 Å². The van der Waals surface area contributed by atoms with Crippen molar-refractivity contribution in [1.29, 1.82) is 5.26 Å². The molecule has 84 valence electrons. The number of nitrogens with zero attached hydrogens (tertiary/aromatic N) is 3. The summed E-state index contributed by atoms with van der Waals surface area (Å²) in [5.74, 6) is 0. The first-order valence-electron chi connectivity index (χ1n) is 4.72. The molecule has 0 bridgehead atoms. The molecule has 0 aromatic heterocycles. The van der Waals surface area contributed by atoms with Gasteiger partial charge in [-0.25, -0.2) is 0 Å². The summed E-state index contributed by atoms with van der Waals surface area (Å²) in [6, 6.07) is 2.04. The maximum Gasteiger partial charge on any atom is 0.221 e. The second kappa shape index (κ2) is 5.22. The number of azo groups is 1. The van der Waals surface area contributed by atoms with Crippen LogP contribution < -0.4 is 0 Å². The molecular weight excluding hydrogens is 214 g/mol. The van der Waals surface area contributed by atoms with Crippen molar-refractivity contribution in [2.24, 2.45) is 10.2 Å². The third-order valence-electron chi connectivity index (χ3n) is 1.62. The summed E-state index contributed by atoms with van der Waals surface area (Å²) in [6.07, 6.45) is 0.431. The Hall–Kier alpha value is -0.950. The van der Waals surface area contributed by atoms with E-state index in [1.54, 1.807) is 6.92 Å². The predicted molar refractivity (Wildman–Crippen MR) is 58.7 cm³/mol. The van der Waals surface area contributed by atoms with Gasteiger partial charge < -0.3 is 0 Å². The first kappa shape index (κ1) is 14.1. The zero-order chi connectivity index (χ0) is 12.1. The van der Waals surface area contributed by atoms with Crippen molar-refractivity contribution in [3.05, 3.63) is 0 Å². The lowest BCUT2D eigenvalue weighted by Gasteiger charge is -2.17. The minimum Gasteiger partial charge on any atom is -0.281 e. The molecule has 0 aliphatic carbocycles. The molecule has 0 rings (SSSR count). The zero-order valence-electron chi connectivity index (χ0n) is 9.54. The van der Waals surface area contributed by atoms with E-state index < -0.39 is 10.8 Å². The molecule has 4 nitrogen and oxygen atoms in total. The summed E-state index contributed by atoms with van der Waals surface area (Å²) in [5.41, 5.74) is -1.28. The third-order valence-corrected chi connectivity index (χ3v) is 1.81. The van der Waals surface area contributed by atoms with Gasteiger partial charge in [-0.05, 0) is 45.7 Å². The van der Waals surface area contributed by atoms with E-state index in [1.165, 1.54) is 0 Å². The molecule has 1 atom stereocenters. The Morgan fingerprint density at radius 3 is 2.20 bits per heavy atom. The second-order valence-corrected chi connectivity index (χ2v) is 5.03. The number of hydrogen-bond donors (Lipinski definition) is 0. The predicted octanol–water partition coefficient (Wildman–Crippen LogP) is 3.06. The van der Waals surface area contributed by atoms with Gasteiger partial charge in [-0.15, -0.1) is 0 Å². The van der Waals surface area contributed by atoms with Crippen molar-refractivity contribution in [1.82, 2.24) is 0 Å². The molecule has 0 amide bonds. The van der Waals surface area contributed by atoms with E-state index in [9.17, 15) is 4.79 Å².